The standard InChI is InChI=1S/C14H18N2O/c1-2-5-14-12(4-1)6-9-16(14)8-3-7-15-13-10-17-11-13/h1-2,4-6,9,13,15H,3,7-8,10-11H2. The van der Waals surface area contributed by atoms with Crippen molar-refractivity contribution in [2.45, 2.75) is 19.0 Å². The van der Waals surface area contributed by atoms with E-state index in [1.807, 2.05) is 0 Å². The Morgan fingerprint density at radius 3 is 2.94 bits per heavy atom. The molecule has 1 aromatic heterocycles. The van der Waals surface area contributed by atoms with Gasteiger partial charge in [0.25, 0.3) is 0 Å². The van der Waals surface area contributed by atoms with E-state index < -0.39 is 0 Å². The van der Waals surface area contributed by atoms with Gasteiger partial charge in [-0.2, -0.15) is 0 Å². The lowest BCUT2D eigenvalue weighted by Gasteiger charge is -2.26. The summed E-state index contributed by atoms with van der Waals surface area (Å²) in [5.41, 5.74) is 1.33. The van der Waals surface area contributed by atoms with E-state index in [-0.39, 0.29) is 0 Å². The summed E-state index contributed by atoms with van der Waals surface area (Å²) in [6.07, 6.45) is 3.34. The fraction of sp³-hybridized carbons (Fsp3) is 0.429. The van der Waals surface area contributed by atoms with Crippen LogP contribution in [0.15, 0.2) is 36.5 Å². The molecular weight excluding hydrogens is 212 g/mol. The molecule has 0 aliphatic carbocycles. The largest absolute Gasteiger partial charge is 0.378 e. The Labute approximate surface area is 101 Å². The first kappa shape index (κ1) is 10.8. The summed E-state index contributed by atoms with van der Waals surface area (Å²) in [5.74, 6) is 0. The summed E-state index contributed by atoms with van der Waals surface area (Å²) in [4.78, 5) is 0. The van der Waals surface area contributed by atoms with Crippen molar-refractivity contribution in [1.29, 1.82) is 0 Å². The lowest BCUT2D eigenvalue weighted by Crippen LogP contribution is -2.46. The van der Waals surface area contributed by atoms with E-state index in [0.717, 1.165) is 32.7 Å². The van der Waals surface area contributed by atoms with Crippen molar-refractivity contribution in [1.82, 2.24) is 9.88 Å². The highest BCUT2D eigenvalue weighted by Gasteiger charge is 2.16. The molecule has 1 saturated heterocycles. The third kappa shape index (κ3) is 2.35. The van der Waals surface area contributed by atoms with Crippen molar-refractivity contribution >= 4 is 10.9 Å². The minimum absolute atomic E-state index is 0.594. The molecule has 1 aliphatic rings. The number of hydrogen-bond donors (Lipinski definition) is 1. The van der Waals surface area contributed by atoms with E-state index in [9.17, 15) is 0 Å². The lowest BCUT2D eigenvalue weighted by molar-refractivity contribution is -0.00500. The Balaban J connectivity index is 1.53. The smallest absolute Gasteiger partial charge is 0.0643 e. The average Bonchev–Trinajstić information content (AvgIpc) is 2.70. The van der Waals surface area contributed by atoms with Gasteiger partial charge in [-0.3, -0.25) is 0 Å². The van der Waals surface area contributed by atoms with Gasteiger partial charge in [0.2, 0.25) is 0 Å². The SMILES string of the molecule is c1ccc2c(c1)ccn2CCCNC1COC1. The van der Waals surface area contributed by atoms with Crippen molar-refractivity contribution in [3.63, 3.8) is 0 Å². The second kappa shape index (κ2) is 4.90. The highest BCUT2D eigenvalue weighted by atomic mass is 16.5. The first-order valence-corrected chi connectivity index (χ1v) is 6.28. The first-order chi connectivity index (χ1) is 8.43. The molecule has 0 amide bonds. The molecule has 1 fully saturated rings. The molecule has 2 aromatic rings. The van der Waals surface area contributed by atoms with E-state index in [1.54, 1.807) is 0 Å². The third-order valence-corrected chi connectivity index (χ3v) is 3.33. The number of para-hydroxylation sites is 1. The molecule has 2 heterocycles. The van der Waals surface area contributed by atoms with Gasteiger partial charge in [-0.25, -0.2) is 0 Å². The van der Waals surface area contributed by atoms with Gasteiger partial charge in [0.15, 0.2) is 0 Å². The second-order valence-electron chi connectivity index (χ2n) is 4.61. The molecule has 3 nitrogen and oxygen atoms in total. The van der Waals surface area contributed by atoms with E-state index in [4.69, 9.17) is 4.74 Å². The Morgan fingerprint density at radius 2 is 2.12 bits per heavy atom. The highest BCUT2D eigenvalue weighted by molar-refractivity contribution is 5.79. The quantitative estimate of drug-likeness (QED) is 0.795. The molecule has 90 valence electrons. The van der Waals surface area contributed by atoms with Gasteiger partial charge in [0.1, 0.15) is 0 Å². The molecule has 1 aliphatic heterocycles. The van der Waals surface area contributed by atoms with Gasteiger partial charge < -0.3 is 14.6 Å². The number of nitrogens with zero attached hydrogens (tertiary/aromatic N) is 1. The van der Waals surface area contributed by atoms with Crippen LogP contribution in [0, 0.1) is 0 Å². The van der Waals surface area contributed by atoms with Gasteiger partial charge in [-0.15, -0.1) is 0 Å². The summed E-state index contributed by atoms with van der Waals surface area (Å²) in [6.45, 7) is 3.91. The van der Waals surface area contributed by atoms with Gasteiger partial charge in [-0.1, -0.05) is 18.2 Å². The summed E-state index contributed by atoms with van der Waals surface area (Å²) in [6, 6.07) is 11.3. The fourth-order valence-electron chi connectivity index (χ4n) is 2.24. The maximum Gasteiger partial charge on any atom is 0.0643 e. The zero-order valence-electron chi connectivity index (χ0n) is 9.93. The number of nitrogens with one attached hydrogen (secondary N) is 1. The van der Waals surface area contributed by atoms with Gasteiger partial charge in [0.05, 0.1) is 19.3 Å². The summed E-state index contributed by atoms with van der Waals surface area (Å²) >= 11 is 0. The predicted molar refractivity (Wildman–Crippen MR) is 69.2 cm³/mol. The Hall–Kier alpha value is -1.32. The molecule has 3 rings (SSSR count). The van der Waals surface area contributed by atoms with Crippen molar-refractivity contribution in [3.8, 4) is 0 Å². The molecule has 0 radical (unpaired) electrons. The zero-order valence-corrected chi connectivity index (χ0v) is 9.93. The Morgan fingerprint density at radius 1 is 1.24 bits per heavy atom. The molecule has 0 bridgehead atoms. The van der Waals surface area contributed by atoms with Crippen molar-refractivity contribution in [3.05, 3.63) is 36.5 Å². The van der Waals surface area contributed by atoms with Crippen molar-refractivity contribution in [2.24, 2.45) is 0 Å². The maximum atomic E-state index is 5.13. The third-order valence-electron chi connectivity index (χ3n) is 3.33. The maximum absolute atomic E-state index is 5.13. The predicted octanol–water partition coefficient (Wildman–Crippen LogP) is 2.02. The minimum Gasteiger partial charge on any atom is -0.378 e. The molecule has 0 atom stereocenters. The number of ether oxygens (including phenoxy) is 1. The summed E-state index contributed by atoms with van der Waals surface area (Å²) in [5, 5.41) is 4.82. The number of aryl methyl sites for hydroxylation is 1. The van der Waals surface area contributed by atoms with Crippen LogP contribution >= 0.6 is 0 Å². The molecule has 0 unspecified atom stereocenters. The molecule has 17 heavy (non-hydrogen) atoms. The number of hydrogen-bond acceptors (Lipinski definition) is 2. The molecule has 1 N–H and O–H groups in total. The number of benzene rings is 1. The Bertz CT molecular complexity index is 488. The van der Waals surface area contributed by atoms with Crippen LogP contribution in [-0.2, 0) is 11.3 Å². The monoisotopic (exact) mass is 230 g/mol. The van der Waals surface area contributed by atoms with E-state index in [2.05, 4.69) is 46.4 Å². The molecular formula is C14H18N2O. The van der Waals surface area contributed by atoms with E-state index >= 15 is 0 Å². The average molecular weight is 230 g/mol. The number of rotatable bonds is 5. The molecule has 0 saturated carbocycles. The van der Waals surface area contributed by atoms with E-state index in [0.29, 0.717) is 6.04 Å². The van der Waals surface area contributed by atoms with Crippen LogP contribution in [0.25, 0.3) is 10.9 Å². The molecule has 0 spiro atoms. The van der Waals surface area contributed by atoms with Crippen molar-refractivity contribution < 1.29 is 4.74 Å². The van der Waals surface area contributed by atoms with E-state index in [1.165, 1.54) is 10.9 Å². The fourth-order valence-corrected chi connectivity index (χ4v) is 2.24. The number of aromatic nitrogens is 1. The lowest BCUT2D eigenvalue weighted by atomic mass is 10.2. The van der Waals surface area contributed by atoms with Crippen LogP contribution in [-0.4, -0.2) is 30.4 Å². The summed E-state index contributed by atoms with van der Waals surface area (Å²) in [7, 11) is 0. The minimum atomic E-state index is 0.594. The zero-order chi connectivity index (χ0) is 11.5. The van der Waals surface area contributed by atoms with Crippen LogP contribution in [0.3, 0.4) is 0 Å². The van der Waals surface area contributed by atoms with Crippen LogP contribution in [0.1, 0.15) is 6.42 Å². The van der Waals surface area contributed by atoms with Crippen LogP contribution in [0.5, 0.6) is 0 Å². The van der Waals surface area contributed by atoms with Crippen LogP contribution in [0.2, 0.25) is 0 Å². The molecule has 3 heteroatoms. The van der Waals surface area contributed by atoms with Crippen LogP contribution in [0.4, 0.5) is 0 Å². The normalized spacial score (nSPS) is 16.2. The molecule has 1 aromatic carbocycles. The Kier molecular flexibility index (Phi) is 3.12. The highest BCUT2D eigenvalue weighted by Crippen LogP contribution is 2.15. The summed E-state index contributed by atoms with van der Waals surface area (Å²) < 4.78 is 7.46. The number of fused-ring (bicyclic) bond motifs is 1. The van der Waals surface area contributed by atoms with Crippen LogP contribution < -0.4 is 5.32 Å². The van der Waals surface area contributed by atoms with Gasteiger partial charge in [0, 0.05) is 18.3 Å². The second-order valence-corrected chi connectivity index (χ2v) is 4.61. The van der Waals surface area contributed by atoms with Gasteiger partial charge in [-0.05, 0) is 30.5 Å². The topological polar surface area (TPSA) is 26.2 Å². The first-order valence-electron chi connectivity index (χ1n) is 6.28. The van der Waals surface area contributed by atoms with Gasteiger partial charge >= 0.3 is 0 Å². The van der Waals surface area contributed by atoms with Crippen molar-refractivity contribution in [2.75, 3.05) is 19.8 Å².